The standard InChI is InChI=1S/C15H22N2O3S/c1-15-5-4-13(19)17(15)12(8-21-15)14(20)16-9-2-3-10(16)7-11(18)6-9/h9-12,18H,2-8H2,1H3. The van der Waals surface area contributed by atoms with E-state index in [1.165, 1.54) is 0 Å². The molecule has 116 valence electrons. The second kappa shape index (κ2) is 4.62. The largest absolute Gasteiger partial charge is 0.393 e. The Hall–Kier alpha value is -0.750. The predicted octanol–water partition coefficient (Wildman–Crippen LogP) is 0.955. The molecule has 4 fully saturated rings. The third-order valence-electron chi connectivity index (χ3n) is 5.69. The molecule has 0 radical (unpaired) electrons. The molecule has 0 aromatic heterocycles. The van der Waals surface area contributed by atoms with Gasteiger partial charge in [0.1, 0.15) is 6.04 Å². The van der Waals surface area contributed by atoms with Gasteiger partial charge < -0.3 is 14.9 Å². The highest BCUT2D eigenvalue weighted by molar-refractivity contribution is 8.01. The average molecular weight is 310 g/mol. The number of thioether (sulfide) groups is 1. The van der Waals surface area contributed by atoms with E-state index in [2.05, 4.69) is 6.92 Å². The van der Waals surface area contributed by atoms with Crippen LogP contribution in [0.2, 0.25) is 0 Å². The Labute approximate surface area is 129 Å². The van der Waals surface area contributed by atoms with Crippen molar-refractivity contribution in [3.63, 3.8) is 0 Å². The first-order chi connectivity index (χ1) is 9.99. The first kappa shape index (κ1) is 13.9. The number of aliphatic hydroxyl groups excluding tert-OH is 1. The summed E-state index contributed by atoms with van der Waals surface area (Å²) in [6.45, 7) is 2.09. The second-order valence-electron chi connectivity index (χ2n) is 7.02. The van der Waals surface area contributed by atoms with Gasteiger partial charge in [-0.15, -0.1) is 11.8 Å². The number of carbonyl (C=O) groups excluding carboxylic acids is 2. The minimum absolute atomic E-state index is 0.126. The Kier molecular flexibility index (Phi) is 3.05. The van der Waals surface area contributed by atoms with Gasteiger partial charge in [0.25, 0.3) is 0 Å². The summed E-state index contributed by atoms with van der Waals surface area (Å²) < 4.78 is 0. The summed E-state index contributed by atoms with van der Waals surface area (Å²) in [7, 11) is 0. The maximum Gasteiger partial charge on any atom is 0.246 e. The van der Waals surface area contributed by atoms with Crippen molar-refractivity contribution in [3.05, 3.63) is 0 Å². The highest BCUT2D eigenvalue weighted by atomic mass is 32.2. The molecule has 4 saturated heterocycles. The van der Waals surface area contributed by atoms with Gasteiger partial charge in [-0.05, 0) is 39.0 Å². The van der Waals surface area contributed by atoms with Gasteiger partial charge >= 0.3 is 0 Å². The number of piperidine rings is 1. The van der Waals surface area contributed by atoms with E-state index in [1.54, 1.807) is 11.8 Å². The summed E-state index contributed by atoms with van der Waals surface area (Å²) >= 11 is 1.75. The third kappa shape index (κ3) is 1.95. The highest BCUT2D eigenvalue weighted by Gasteiger charge is 2.55. The van der Waals surface area contributed by atoms with E-state index in [-0.39, 0.29) is 40.9 Å². The van der Waals surface area contributed by atoms with Crippen molar-refractivity contribution in [1.29, 1.82) is 0 Å². The quantitative estimate of drug-likeness (QED) is 0.783. The Balaban J connectivity index is 1.57. The lowest BCUT2D eigenvalue weighted by atomic mass is 9.98. The van der Waals surface area contributed by atoms with Crippen LogP contribution in [0.15, 0.2) is 0 Å². The topological polar surface area (TPSA) is 60.9 Å². The molecule has 4 heterocycles. The molecule has 2 bridgehead atoms. The zero-order chi connectivity index (χ0) is 14.8. The molecule has 1 N–H and O–H groups in total. The van der Waals surface area contributed by atoms with Crippen molar-refractivity contribution in [3.8, 4) is 0 Å². The molecule has 0 aromatic rings. The number of hydrogen-bond acceptors (Lipinski definition) is 4. The maximum atomic E-state index is 13.0. The van der Waals surface area contributed by atoms with Crippen LogP contribution in [0, 0.1) is 0 Å². The number of nitrogens with zero attached hydrogens (tertiary/aromatic N) is 2. The van der Waals surface area contributed by atoms with Crippen molar-refractivity contribution >= 4 is 23.6 Å². The number of hydrogen-bond donors (Lipinski definition) is 1. The molecule has 0 spiro atoms. The molecular weight excluding hydrogens is 288 g/mol. The van der Waals surface area contributed by atoms with Crippen LogP contribution in [0.1, 0.15) is 45.4 Å². The summed E-state index contributed by atoms with van der Waals surface area (Å²) in [5.41, 5.74) is 0. The molecule has 4 unspecified atom stereocenters. The zero-order valence-electron chi connectivity index (χ0n) is 12.3. The maximum absolute atomic E-state index is 13.0. The van der Waals surface area contributed by atoms with Crippen LogP contribution >= 0.6 is 11.8 Å². The minimum atomic E-state index is -0.284. The van der Waals surface area contributed by atoms with Gasteiger partial charge in [0, 0.05) is 24.3 Å². The minimum Gasteiger partial charge on any atom is -0.393 e. The molecule has 4 atom stereocenters. The summed E-state index contributed by atoms with van der Waals surface area (Å²) in [6.07, 6.45) is 4.56. The number of aliphatic hydroxyl groups is 1. The van der Waals surface area contributed by atoms with Crippen LogP contribution < -0.4 is 0 Å². The normalized spacial score (nSPS) is 45.3. The van der Waals surface area contributed by atoms with E-state index in [4.69, 9.17) is 0 Å². The lowest BCUT2D eigenvalue weighted by Crippen LogP contribution is -2.56. The number of rotatable bonds is 1. The molecule has 21 heavy (non-hydrogen) atoms. The Morgan fingerprint density at radius 2 is 2.00 bits per heavy atom. The van der Waals surface area contributed by atoms with Gasteiger partial charge in [-0.3, -0.25) is 9.59 Å². The Morgan fingerprint density at radius 1 is 1.33 bits per heavy atom. The van der Waals surface area contributed by atoms with Crippen molar-refractivity contribution in [2.45, 2.75) is 74.5 Å². The van der Waals surface area contributed by atoms with Gasteiger partial charge in [0.2, 0.25) is 11.8 Å². The van der Waals surface area contributed by atoms with Gasteiger partial charge in [-0.2, -0.15) is 0 Å². The fraction of sp³-hybridized carbons (Fsp3) is 0.867. The number of amides is 2. The van der Waals surface area contributed by atoms with Crippen LogP contribution in [0.25, 0.3) is 0 Å². The van der Waals surface area contributed by atoms with Crippen molar-refractivity contribution in [2.24, 2.45) is 0 Å². The first-order valence-electron chi connectivity index (χ1n) is 7.96. The van der Waals surface area contributed by atoms with Gasteiger partial charge in [0.15, 0.2) is 0 Å². The molecular formula is C15H22N2O3S. The highest BCUT2D eigenvalue weighted by Crippen LogP contribution is 2.48. The van der Waals surface area contributed by atoms with E-state index in [0.29, 0.717) is 19.3 Å². The summed E-state index contributed by atoms with van der Waals surface area (Å²) in [5, 5.41) is 9.88. The summed E-state index contributed by atoms with van der Waals surface area (Å²) in [6, 6.07) is 0.0787. The second-order valence-corrected chi connectivity index (χ2v) is 8.52. The van der Waals surface area contributed by atoms with Crippen molar-refractivity contribution < 1.29 is 14.7 Å². The Bertz CT molecular complexity index is 485. The van der Waals surface area contributed by atoms with Gasteiger partial charge in [-0.25, -0.2) is 0 Å². The van der Waals surface area contributed by atoms with E-state index in [1.807, 2.05) is 9.80 Å². The fourth-order valence-electron chi connectivity index (χ4n) is 4.68. The SMILES string of the molecule is CC12CCC(=O)N1C(C(=O)N1C3CCC1CC(O)C3)CS2. The number of fused-ring (bicyclic) bond motifs is 3. The molecule has 0 aliphatic carbocycles. The lowest BCUT2D eigenvalue weighted by Gasteiger charge is -2.40. The van der Waals surface area contributed by atoms with Gasteiger partial charge in [-0.1, -0.05) is 0 Å². The van der Waals surface area contributed by atoms with Crippen molar-refractivity contribution in [1.82, 2.24) is 9.80 Å². The summed E-state index contributed by atoms with van der Waals surface area (Å²) in [4.78, 5) is 28.9. The van der Waals surface area contributed by atoms with Crippen LogP contribution in [-0.4, -0.2) is 61.6 Å². The number of carbonyl (C=O) groups is 2. The van der Waals surface area contributed by atoms with Crippen LogP contribution in [0.5, 0.6) is 0 Å². The third-order valence-corrected chi connectivity index (χ3v) is 7.20. The zero-order valence-corrected chi connectivity index (χ0v) is 13.1. The molecule has 0 aromatic carbocycles. The van der Waals surface area contributed by atoms with Gasteiger partial charge in [0.05, 0.1) is 11.0 Å². The smallest absolute Gasteiger partial charge is 0.246 e. The fourth-order valence-corrected chi connectivity index (χ4v) is 6.11. The van der Waals surface area contributed by atoms with Crippen LogP contribution in [0.4, 0.5) is 0 Å². The lowest BCUT2D eigenvalue weighted by molar-refractivity contribution is -0.148. The predicted molar refractivity (Wildman–Crippen MR) is 79.6 cm³/mol. The monoisotopic (exact) mass is 310 g/mol. The molecule has 4 aliphatic heterocycles. The molecule has 6 heteroatoms. The average Bonchev–Trinajstić information content (AvgIpc) is 3.01. The first-order valence-corrected chi connectivity index (χ1v) is 8.94. The molecule has 4 rings (SSSR count). The Morgan fingerprint density at radius 3 is 2.67 bits per heavy atom. The van der Waals surface area contributed by atoms with E-state index in [0.717, 1.165) is 25.0 Å². The molecule has 2 amide bonds. The van der Waals surface area contributed by atoms with E-state index >= 15 is 0 Å². The van der Waals surface area contributed by atoms with E-state index < -0.39 is 0 Å². The molecule has 5 nitrogen and oxygen atoms in total. The molecule has 0 saturated carbocycles. The summed E-state index contributed by atoms with van der Waals surface area (Å²) in [5.74, 6) is 0.977. The van der Waals surface area contributed by atoms with Crippen LogP contribution in [-0.2, 0) is 9.59 Å². The van der Waals surface area contributed by atoms with Crippen LogP contribution in [0.3, 0.4) is 0 Å². The van der Waals surface area contributed by atoms with Crippen molar-refractivity contribution in [2.75, 3.05) is 5.75 Å². The molecule has 4 aliphatic rings. The van der Waals surface area contributed by atoms with E-state index in [9.17, 15) is 14.7 Å².